The first-order chi connectivity index (χ1) is 9.18. The first-order valence-corrected chi connectivity index (χ1v) is 6.76. The molecule has 0 bridgehead atoms. The molecule has 1 aliphatic rings. The van der Waals surface area contributed by atoms with E-state index in [9.17, 15) is 9.90 Å². The van der Waals surface area contributed by atoms with Crippen molar-refractivity contribution in [3.63, 3.8) is 0 Å². The topological polar surface area (TPSA) is 78.6 Å². The maximum absolute atomic E-state index is 11.9. The Morgan fingerprint density at radius 2 is 2.11 bits per heavy atom. The van der Waals surface area contributed by atoms with Gasteiger partial charge < -0.3 is 21.1 Å². The van der Waals surface area contributed by atoms with Crippen LogP contribution in [0.15, 0.2) is 18.2 Å². The average Bonchev–Trinajstić information content (AvgIpc) is 2.91. The summed E-state index contributed by atoms with van der Waals surface area (Å²) in [4.78, 5) is 14.3. The minimum Gasteiger partial charge on any atom is -0.505 e. The molecule has 0 radical (unpaired) electrons. The predicted octanol–water partition coefficient (Wildman–Crippen LogP) is 1.19. The van der Waals surface area contributed by atoms with E-state index in [1.54, 1.807) is 18.2 Å². The van der Waals surface area contributed by atoms with E-state index < -0.39 is 0 Å². The molecule has 0 unspecified atom stereocenters. The molecule has 0 saturated carbocycles. The lowest BCUT2D eigenvalue weighted by Gasteiger charge is -2.14. The third-order valence-electron chi connectivity index (χ3n) is 3.45. The van der Waals surface area contributed by atoms with Gasteiger partial charge in [0.25, 0.3) is 5.91 Å². The fraction of sp³-hybridized carbons (Fsp3) is 0.500. The van der Waals surface area contributed by atoms with Gasteiger partial charge in [-0.25, -0.2) is 0 Å². The normalized spacial score (nSPS) is 15.6. The van der Waals surface area contributed by atoms with Crippen molar-refractivity contribution in [3.05, 3.63) is 23.8 Å². The molecule has 0 aliphatic carbocycles. The van der Waals surface area contributed by atoms with Crippen LogP contribution in [0.5, 0.6) is 5.75 Å². The SMILES string of the molecule is Nc1cccc(C(=O)NCCCN2CCCC2)c1O. The summed E-state index contributed by atoms with van der Waals surface area (Å²) < 4.78 is 0. The number of carbonyl (C=O) groups excluding carboxylic acids is 1. The molecular weight excluding hydrogens is 242 g/mol. The lowest BCUT2D eigenvalue weighted by Crippen LogP contribution is -2.28. The Morgan fingerprint density at radius 3 is 2.84 bits per heavy atom. The van der Waals surface area contributed by atoms with Crippen molar-refractivity contribution in [3.8, 4) is 5.75 Å². The van der Waals surface area contributed by atoms with E-state index in [1.165, 1.54) is 25.9 Å². The Bertz CT molecular complexity index is 442. The van der Waals surface area contributed by atoms with Crippen molar-refractivity contribution >= 4 is 11.6 Å². The number of nitrogens with one attached hydrogen (secondary N) is 1. The highest BCUT2D eigenvalue weighted by Crippen LogP contribution is 2.23. The summed E-state index contributed by atoms with van der Waals surface area (Å²) in [6.45, 7) is 3.97. The van der Waals surface area contributed by atoms with Gasteiger partial charge in [0.2, 0.25) is 0 Å². The molecule has 2 rings (SSSR count). The van der Waals surface area contributed by atoms with Crippen LogP contribution in [0, 0.1) is 0 Å². The van der Waals surface area contributed by atoms with Crippen LogP contribution < -0.4 is 11.1 Å². The largest absolute Gasteiger partial charge is 0.505 e. The molecule has 1 aliphatic heterocycles. The van der Waals surface area contributed by atoms with E-state index in [0.717, 1.165) is 13.0 Å². The Hall–Kier alpha value is -1.75. The number of nitrogen functional groups attached to an aromatic ring is 1. The molecule has 1 saturated heterocycles. The standard InChI is InChI=1S/C14H21N3O2/c15-12-6-3-5-11(13(12)18)14(19)16-7-4-10-17-8-1-2-9-17/h3,5-6,18H,1-2,4,7-10,15H2,(H,16,19). The second-order valence-electron chi connectivity index (χ2n) is 4.90. The van der Waals surface area contributed by atoms with Crippen molar-refractivity contribution in [2.75, 3.05) is 31.9 Å². The summed E-state index contributed by atoms with van der Waals surface area (Å²) in [6, 6.07) is 4.80. The number of benzene rings is 1. The fourth-order valence-corrected chi connectivity index (χ4v) is 2.35. The zero-order valence-electron chi connectivity index (χ0n) is 11.1. The molecule has 5 nitrogen and oxygen atoms in total. The fourth-order valence-electron chi connectivity index (χ4n) is 2.35. The van der Waals surface area contributed by atoms with Gasteiger partial charge in [0, 0.05) is 6.54 Å². The Labute approximate surface area is 113 Å². The summed E-state index contributed by atoms with van der Waals surface area (Å²) in [6.07, 6.45) is 3.49. The number of aromatic hydroxyl groups is 1. The number of phenolic OH excluding ortho intramolecular Hbond substituents is 1. The monoisotopic (exact) mass is 263 g/mol. The van der Waals surface area contributed by atoms with Gasteiger partial charge in [-0.1, -0.05) is 6.07 Å². The Balaban J connectivity index is 1.76. The summed E-state index contributed by atoms with van der Waals surface area (Å²) in [5.74, 6) is -0.411. The molecule has 1 amide bonds. The lowest BCUT2D eigenvalue weighted by molar-refractivity contribution is 0.0949. The molecule has 1 fully saturated rings. The van der Waals surface area contributed by atoms with Crippen molar-refractivity contribution in [1.82, 2.24) is 10.2 Å². The number of likely N-dealkylation sites (tertiary alicyclic amines) is 1. The first-order valence-electron chi connectivity index (χ1n) is 6.76. The quantitative estimate of drug-likeness (QED) is 0.423. The van der Waals surface area contributed by atoms with Gasteiger partial charge in [0.05, 0.1) is 11.3 Å². The van der Waals surface area contributed by atoms with Crippen molar-refractivity contribution in [2.24, 2.45) is 0 Å². The number of hydrogen-bond donors (Lipinski definition) is 3. The van der Waals surface area contributed by atoms with Crippen LogP contribution in [0.25, 0.3) is 0 Å². The summed E-state index contributed by atoms with van der Waals surface area (Å²) in [5.41, 5.74) is 6.02. The highest BCUT2D eigenvalue weighted by atomic mass is 16.3. The number of carbonyl (C=O) groups is 1. The first kappa shape index (κ1) is 13.7. The van der Waals surface area contributed by atoms with E-state index in [-0.39, 0.29) is 22.9 Å². The van der Waals surface area contributed by atoms with Crippen LogP contribution in [-0.4, -0.2) is 42.1 Å². The average molecular weight is 263 g/mol. The highest BCUT2D eigenvalue weighted by molar-refractivity contribution is 5.98. The van der Waals surface area contributed by atoms with E-state index in [4.69, 9.17) is 5.73 Å². The third-order valence-corrected chi connectivity index (χ3v) is 3.45. The molecular formula is C14H21N3O2. The smallest absolute Gasteiger partial charge is 0.255 e. The minimum absolute atomic E-state index is 0.139. The van der Waals surface area contributed by atoms with E-state index in [0.29, 0.717) is 6.54 Å². The number of hydrogen-bond acceptors (Lipinski definition) is 4. The molecule has 5 heteroatoms. The van der Waals surface area contributed by atoms with Gasteiger partial charge in [-0.05, 0) is 51.0 Å². The highest BCUT2D eigenvalue weighted by Gasteiger charge is 2.13. The number of nitrogens with zero attached hydrogens (tertiary/aromatic N) is 1. The molecule has 0 aromatic heterocycles. The van der Waals surface area contributed by atoms with Gasteiger partial charge in [-0.3, -0.25) is 4.79 Å². The van der Waals surface area contributed by atoms with Gasteiger partial charge >= 0.3 is 0 Å². The maximum Gasteiger partial charge on any atom is 0.255 e. The van der Waals surface area contributed by atoms with E-state index >= 15 is 0 Å². The number of phenols is 1. The lowest BCUT2D eigenvalue weighted by atomic mass is 10.1. The molecule has 1 heterocycles. The van der Waals surface area contributed by atoms with E-state index in [2.05, 4.69) is 10.2 Å². The second-order valence-corrected chi connectivity index (χ2v) is 4.90. The maximum atomic E-state index is 11.9. The Kier molecular flexibility index (Phi) is 4.63. The zero-order valence-corrected chi connectivity index (χ0v) is 11.1. The predicted molar refractivity (Wildman–Crippen MR) is 75.1 cm³/mol. The van der Waals surface area contributed by atoms with Crippen LogP contribution in [0.2, 0.25) is 0 Å². The molecule has 0 spiro atoms. The van der Waals surface area contributed by atoms with Gasteiger partial charge in [0.15, 0.2) is 5.75 Å². The zero-order chi connectivity index (χ0) is 13.7. The molecule has 19 heavy (non-hydrogen) atoms. The summed E-state index contributed by atoms with van der Waals surface area (Å²) >= 11 is 0. The number of rotatable bonds is 5. The summed E-state index contributed by atoms with van der Waals surface area (Å²) in [5, 5.41) is 12.5. The second kappa shape index (κ2) is 6.43. The van der Waals surface area contributed by atoms with Crippen LogP contribution in [0.3, 0.4) is 0 Å². The molecule has 104 valence electrons. The molecule has 4 N–H and O–H groups in total. The number of amides is 1. The van der Waals surface area contributed by atoms with Crippen molar-refractivity contribution in [2.45, 2.75) is 19.3 Å². The number of anilines is 1. The van der Waals surface area contributed by atoms with Crippen LogP contribution >= 0.6 is 0 Å². The Morgan fingerprint density at radius 1 is 1.37 bits per heavy atom. The number of para-hydroxylation sites is 1. The van der Waals surface area contributed by atoms with Crippen molar-refractivity contribution in [1.29, 1.82) is 0 Å². The number of nitrogens with two attached hydrogens (primary N) is 1. The summed E-state index contributed by atoms with van der Waals surface area (Å²) in [7, 11) is 0. The van der Waals surface area contributed by atoms with Gasteiger partial charge in [-0.2, -0.15) is 0 Å². The van der Waals surface area contributed by atoms with Crippen LogP contribution in [0.1, 0.15) is 29.6 Å². The van der Waals surface area contributed by atoms with Gasteiger partial charge in [-0.15, -0.1) is 0 Å². The molecule has 0 atom stereocenters. The van der Waals surface area contributed by atoms with Gasteiger partial charge in [0.1, 0.15) is 0 Å². The molecule has 1 aromatic rings. The van der Waals surface area contributed by atoms with E-state index in [1.807, 2.05) is 0 Å². The van der Waals surface area contributed by atoms with Crippen molar-refractivity contribution < 1.29 is 9.90 Å². The van der Waals surface area contributed by atoms with Crippen LogP contribution in [0.4, 0.5) is 5.69 Å². The minimum atomic E-state index is -0.272. The van der Waals surface area contributed by atoms with Crippen LogP contribution in [-0.2, 0) is 0 Å². The third kappa shape index (κ3) is 3.61. The molecule has 1 aromatic carbocycles.